The van der Waals surface area contributed by atoms with Gasteiger partial charge < -0.3 is 19.5 Å². The van der Waals surface area contributed by atoms with Gasteiger partial charge in [-0.15, -0.1) is 0 Å². The van der Waals surface area contributed by atoms with E-state index >= 15 is 0 Å². The Balaban J connectivity index is 1.82. The maximum absolute atomic E-state index is 12.9. The van der Waals surface area contributed by atoms with Crippen LogP contribution in [0.2, 0.25) is 5.02 Å². The van der Waals surface area contributed by atoms with Crippen LogP contribution in [0, 0.1) is 6.92 Å². The minimum absolute atomic E-state index is 0.0573. The van der Waals surface area contributed by atoms with Crippen LogP contribution in [0.25, 0.3) is 0 Å². The van der Waals surface area contributed by atoms with Gasteiger partial charge in [-0.1, -0.05) is 11.6 Å². The Hall–Kier alpha value is -2.77. The Morgan fingerprint density at radius 1 is 1.20 bits per heavy atom. The van der Waals surface area contributed by atoms with Gasteiger partial charge in [-0.3, -0.25) is 10.1 Å². The molecule has 0 bridgehead atoms. The number of rotatable bonds is 6. The zero-order valence-electron chi connectivity index (χ0n) is 17.3. The van der Waals surface area contributed by atoms with E-state index in [0.717, 1.165) is 30.7 Å². The summed E-state index contributed by atoms with van der Waals surface area (Å²) in [6, 6.07) is 10.5. The summed E-state index contributed by atoms with van der Waals surface area (Å²) in [6.07, 6.45) is 2.04. The van der Waals surface area contributed by atoms with Crippen molar-refractivity contribution in [1.29, 1.82) is 0 Å². The van der Waals surface area contributed by atoms with Gasteiger partial charge in [0.05, 0.1) is 26.9 Å². The number of ether oxygens (including phenoxy) is 3. The summed E-state index contributed by atoms with van der Waals surface area (Å²) in [4.78, 5) is 17.5. The average Bonchev–Trinajstić information content (AvgIpc) is 3.27. The first-order chi connectivity index (χ1) is 14.5. The molecule has 1 aliphatic rings. The number of hydrogen-bond acceptors (Lipinski definition) is 5. The summed E-state index contributed by atoms with van der Waals surface area (Å²) in [5.74, 6) is 1.05. The molecule has 1 atom stereocenters. The Bertz CT molecular complexity index is 904. The molecule has 0 radical (unpaired) electrons. The first-order valence-corrected chi connectivity index (χ1v) is 10.1. The number of hydrogen-bond donors (Lipinski definition) is 2. The molecule has 160 valence electrons. The SMILES string of the molecule is COc1cc(OC)cc(C(=O)NC(=NC[C@@H]2CCCO2)Nc2ccc(Cl)cc2C)c1. The topological polar surface area (TPSA) is 81.2 Å². The molecule has 7 nitrogen and oxygen atoms in total. The summed E-state index contributed by atoms with van der Waals surface area (Å²) in [7, 11) is 3.08. The molecule has 8 heteroatoms. The third kappa shape index (κ3) is 5.87. The highest BCUT2D eigenvalue weighted by molar-refractivity contribution is 6.30. The Morgan fingerprint density at radius 2 is 1.93 bits per heavy atom. The summed E-state index contributed by atoms with van der Waals surface area (Å²) in [6.45, 7) is 3.13. The molecular weight excluding hydrogens is 406 g/mol. The van der Waals surface area contributed by atoms with Crippen LogP contribution in [0.5, 0.6) is 11.5 Å². The van der Waals surface area contributed by atoms with E-state index in [2.05, 4.69) is 15.6 Å². The predicted octanol–water partition coefficient (Wildman–Crippen LogP) is 4.04. The number of aryl methyl sites for hydroxylation is 1. The highest BCUT2D eigenvalue weighted by Gasteiger charge is 2.17. The molecule has 1 saturated heterocycles. The molecule has 1 heterocycles. The fraction of sp³-hybridized carbons (Fsp3) is 0.364. The summed E-state index contributed by atoms with van der Waals surface area (Å²) in [5.41, 5.74) is 2.13. The highest BCUT2D eigenvalue weighted by atomic mass is 35.5. The number of carbonyl (C=O) groups is 1. The van der Waals surface area contributed by atoms with E-state index in [9.17, 15) is 4.79 Å². The Kier molecular flexibility index (Phi) is 7.54. The van der Waals surface area contributed by atoms with Crippen LogP contribution < -0.4 is 20.1 Å². The highest BCUT2D eigenvalue weighted by Crippen LogP contribution is 2.23. The number of nitrogens with zero attached hydrogens (tertiary/aromatic N) is 1. The van der Waals surface area contributed by atoms with Crippen molar-refractivity contribution in [2.75, 3.05) is 32.7 Å². The van der Waals surface area contributed by atoms with Crippen molar-refractivity contribution in [3.63, 3.8) is 0 Å². The van der Waals surface area contributed by atoms with Crippen molar-refractivity contribution in [2.24, 2.45) is 4.99 Å². The minimum Gasteiger partial charge on any atom is -0.497 e. The third-order valence-corrected chi connectivity index (χ3v) is 5.00. The van der Waals surface area contributed by atoms with E-state index in [0.29, 0.717) is 34.6 Å². The van der Waals surface area contributed by atoms with E-state index in [1.54, 1.807) is 24.3 Å². The lowest BCUT2D eigenvalue weighted by molar-refractivity contribution is 0.0975. The van der Waals surface area contributed by atoms with E-state index in [-0.39, 0.29) is 12.0 Å². The predicted molar refractivity (Wildman–Crippen MR) is 118 cm³/mol. The first-order valence-electron chi connectivity index (χ1n) is 9.72. The van der Waals surface area contributed by atoms with Gasteiger partial charge in [-0.2, -0.15) is 0 Å². The fourth-order valence-corrected chi connectivity index (χ4v) is 3.33. The number of benzene rings is 2. The van der Waals surface area contributed by atoms with Gasteiger partial charge in [0.1, 0.15) is 11.5 Å². The number of halogens is 1. The number of anilines is 1. The molecule has 2 aromatic carbocycles. The molecule has 3 rings (SSSR count). The molecular formula is C22H26ClN3O4. The number of amides is 1. The number of carbonyl (C=O) groups excluding carboxylic acids is 1. The maximum atomic E-state index is 12.9. The second kappa shape index (κ2) is 10.3. The van der Waals surface area contributed by atoms with Crippen LogP contribution in [0.15, 0.2) is 41.4 Å². The summed E-state index contributed by atoms with van der Waals surface area (Å²) < 4.78 is 16.2. The van der Waals surface area contributed by atoms with Crippen LogP contribution in [0.4, 0.5) is 5.69 Å². The van der Waals surface area contributed by atoms with E-state index in [4.69, 9.17) is 25.8 Å². The van der Waals surface area contributed by atoms with Gasteiger partial charge in [-0.05, 0) is 55.7 Å². The first kappa shape index (κ1) is 21.9. The summed E-state index contributed by atoms with van der Waals surface area (Å²) in [5, 5.41) is 6.69. The average molecular weight is 432 g/mol. The van der Waals surface area contributed by atoms with Crippen molar-refractivity contribution in [3.8, 4) is 11.5 Å². The Morgan fingerprint density at radius 3 is 2.53 bits per heavy atom. The normalized spacial score (nSPS) is 16.3. The van der Waals surface area contributed by atoms with Gasteiger partial charge in [0.25, 0.3) is 5.91 Å². The van der Waals surface area contributed by atoms with Crippen molar-refractivity contribution in [3.05, 3.63) is 52.5 Å². The second-order valence-corrected chi connectivity index (χ2v) is 7.40. The molecule has 0 saturated carbocycles. The van der Waals surface area contributed by atoms with Crippen LogP contribution in [-0.2, 0) is 4.74 Å². The lowest BCUT2D eigenvalue weighted by Crippen LogP contribution is -2.37. The molecule has 0 spiro atoms. The van der Waals surface area contributed by atoms with E-state index in [1.165, 1.54) is 14.2 Å². The Labute approximate surface area is 181 Å². The lowest BCUT2D eigenvalue weighted by Gasteiger charge is -2.15. The van der Waals surface area contributed by atoms with E-state index < -0.39 is 0 Å². The van der Waals surface area contributed by atoms with Crippen molar-refractivity contribution in [1.82, 2.24) is 5.32 Å². The smallest absolute Gasteiger partial charge is 0.258 e. The molecule has 0 aliphatic carbocycles. The maximum Gasteiger partial charge on any atom is 0.258 e. The van der Waals surface area contributed by atoms with Crippen molar-refractivity contribution in [2.45, 2.75) is 25.9 Å². The van der Waals surface area contributed by atoms with Crippen molar-refractivity contribution >= 4 is 29.2 Å². The zero-order chi connectivity index (χ0) is 21.5. The van der Waals surface area contributed by atoms with E-state index in [1.807, 2.05) is 19.1 Å². The number of methoxy groups -OCH3 is 2. The molecule has 0 aromatic heterocycles. The number of nitrogens with one attached hydrogen (secondary N) is 2. The van der Waals surface area contributed by atoms with Crippen molar-refractivity contribution < 1.29 is 19.0 Å². The van der Waals surface area contributed by atoms with Crippen LogP contribution in [0.1, 0.15) is 28.8 Å². The molecule has 1 amide bonds. The van der Waals surface area contributed by atoms with Gasteiger partial charge in [-0.25, -0.2) is 4.99 Å². The fourth-order valence-electron chi connectivity index (χ4n) is 3.10. The monoisotopic (exact) mass is 431 g/mol. The molecule has 0 unspecified atom stereocenters. The molecule has 30 heavy (non-hydrogen) atoms. The van der Waals surface area contributed by atoms with Crippen LogP contribution in [0.3, 0.4) is 0 Å². The van der Waals surface area contributed by atoms with Gasteiger partial charge in [0.15, 0.2) is 0 Å². The molecule has 1 aliphatic heterocycles. The quantitative estimate of drug-likeness (QED) is 0.533. The largest absolute Gasteiger partial charge is 0.497 e. The molecule has 2 aromatic rings. The third-order valence-electron chi connectivity index (χ3n) is 4.76. The summed E-state index contributed by atoms with van der Waals surface area (Å²) >= 11 is 6.05. The van der Waals surface area contributed by atoms with Crippen LogP contribution >= 0.6 is 11.6 Å². The van der Waals surface area contributed by atoms with Gasteiger partial charge >= 0.3 is 0 Å². The second-order valence-electron chi connectivity index (χ2n) is 6.96. The number of aliphatic imine (C=N–C) groups is 1. The molecule has 1 fully saturated rings. The van der Waals surface area contributed by atoms with Gasteiger partial charge in [0.2, 0.25) is 5.96 Å². The standard InChI is InChI=1S/C22H26ClN3O4/c1-14-9-16(23)6-7-20(14)25-22(24-13-17-5-4-8-30-17)26-21(27)15-10-18(28-2)12-19(11-15)29-3/h6-7,9-12,17H,4-5,8,13H2,1-3H3,(H2,24,25,26,27)/t17-/m0/s1. The van der Waals surface area contributed by atoms with Crippen LogP contribution in [-0.4, -0.2) is 45.3 Å². The minimum atomic E-state index is -0.336. The zero-order valence-corrected chi connectivity index (χ0v) is 18.1. The lowest BCUT2D eigenvalue weighted by atomic mass is 10.2. The van der Waals surface area contributed by atoms with Gasteiger partial charge in [0, 0.05) is 28.9 Å². The molecule has 2 N–H and O–H groups in total. The number of guanidine groups is 1.